The highest BCUT2D eigenvalue weighted by molar-refractivity contribution is 5.79. The summed E-state index contributed by atoms with van der Waals surface area (Å²) >= 11 is 0. The first-order valence-electron chi connectivity index (χ1n) is 15.0. The average Bonchev–Trinajstić information content (AvgIpc) is 3.62. The van der Waals surface area contributed by atoms with Crippen molar-refractivity contribution in [1.82, 2.24) is 9.80 Å². The van der Waals surface area contributed by atoms with Crippen molar-refractivity contribution in [2.45, 2.75) is 70.6 Å². The lowest BCUT2D eigenvalue weighted by molar-refractivity contribution is -0.144. The maximum Gasteiger partial charge on any atom is 0.308 e. The molecule has 3 atom stereocenters. The summed E-state index contributed by atoms with van der Waals surface area (Å²) in [5.41, 5.74) is 3.17. The Morgan fingerprint density at radius 3 is 2.40 bits per heavy atom. The molecule has 0 aromatic heterocycles. The van der Waals surface area contributed by atoms with E-state index in [1.54, 1.807) is 17.0 Å². The highest BCUT2D eigenvalue weighted by Gasteiger charge is 2.47. The SMILES string of the molecule is CCCCN(CCCO)C(=O)CN1C[C@H](c2cc(CO)c3c(c2)OCO3)[C@@H](C(=O)O)[C@@H]1CCCc1ccccc1CO. The molecule has 0 unspecified atom stereocenters. The Morgan fingerprint density at radius 2 is 1.71 bits per heavy atom. The van der Waals surface area contributed by atoms with Gasteiger partial charge < -0.3 is 34.8 Å². The molecule has 0 aliphatic carbocycles. The maximum absolute atomic E-state index is 13.6. The molecule has 2 heterocycles. The summed E-state index contributed by atoms with van der Waals surface area (Å²) in [6.45, 7) is 3.29. The molecule has 0 spiro atoms. The van der Waals surface area contributed by atoms with Crippen LogP contribution in [0.15, 0.2) is 36.4 Å². The smallest absolute Gasteiger partial charge is 0.308 e. The predicted molar refractivity (Wildman–Crippen MR) is 156 cm³/mol. The minimum atomic E-state index is -0.929. The molecule has 10 nitrogen and oxygen atoms in total. The number of aliphatic hydroxyl groups excluding tert-OH is 3. The minimum absolute atomic E-state index is 0.00196. The van der Waals surface area contributed by atoms with Crippen LogP contribution in [0, 0.1) is 5.92 Å². The number of hydrogen-bond acceptors (Lipinski definition) is 8. The van der Waals surface area contributed by atoms with Gasteiger partial charge >= 0.3 is 5.97 Å². The zero-order valence-corrected chi connectivity index (χ0v) is 24.4. The van der Waals surface area contributed by atoms with E-state index in [-0.39, 0.29) is 39.1 Å². The second-order valence-electron chi connectivity index (χ2n) is 11.2. The molecule has 0 saturated carbocycles. The van der Waals surface area contributed by atoms with E-state index < -0.39 is 23.8 Å². The number of ether oxygens (including phenoxy) is 2. The van der Waals surface area contributed by atoms with Gasteiger partial charge in [0.15, 0.2) is 11.5 Å². The van der Waals surface area contributed by atoms with Crippen molar-refractivity contribution in [1.29, 1.82) is 0 Å². The van der Waals surface area contributed by atoms with E-state index in [9.17, 15) is 30.0 Å². The largest absolute Gasteiger partial charge is 0.481 e. The van der Waals surface area contributed by atoms with Crippen molar-refractivity contribution in [3.8, 4) is 11.5 Å². The van der Waals surface area contributed by atoms with Crippen molar-refractivity contribution in [3.63, 3.8) is 0 Å². The first-order chi connectivity index (χ1) is 20.4. The number of nitrogens with zero attached hydrogens (tertiary/aromatic N) is 2. The van der Waals surface area contributed by atoms with E-state index in [0.29, 0.717) is 62.4 Å². The fraction of sp³-hybridized carbons (Fsp3) is 0.562. The van der Waals surface area contributed by atoms with Gasteiger partial charge in [0, 0.05) is 43.8 Å². The number of aliphatic carboxylic acids is 1. The Labute approximate surface area is 247 Å². The zero-order chi connectivity index (χ0) is 30.1. The topological polar surface area (TPSA) is 140 Å². The second kappa shape index (κ2) is 15.3. The Morgan fingerprint density at radius 1 is 0.976 bits per heavy atom. The zero-order valence-electron chi connectivity index (χ0n) is 24.4. The van der Waals surface area contributed by atoms with Gasteiger partial charge in [0.05, 0.1) is 25.7 Å². The van der Waals surface area contributed by atoms with E-state index in [1.165, 1.54) is 0 Å². The summed E-state index contributed by atoms with van der Waals surface area (Å²) in [5, 5.41) is 39.7. The quantitative estimate of drug-likeness (QED) is 0.234. The number of aliphatic hydroxyl groups is 3. The van der Waals surface area contributed by atoms with E-state index in [4.69, 9.17) is 9.47 Å². The third kappa shape index (κ3) is 7.42. The first kappa shape index (κ1) is 31.7. The Balaban J connectivity index is 1.61. The number of aryl methyl sites for hydroxylation is 1. The monoisotopic (exact) mass is 584 g/mol. The van der Waals surface area contributed by atoms with Gasteiger partial charge in [-0.25, -0.2) is 0 Å². The number of unbranched alkanes of at least 4 members (excludes halogenated alkanes) is 1. The molecule has 0 bridgehead atoms. The van der Waals surface area contributed by atoms with E-state index >= 15 is 0 Å². The van der Waals surface area contributed by atoms with Crippen molar-refractivity contribution < 1.29 is 39.5 Å². The number of fused-ring (bicyclic) bond motifs is 1. The molecule has 2 aliphatic rings. The number of benzene rings is 2. The number of carboxylic acid groups (broad SMARTS) is 1. The molecule has 1 amide bonds. The van der Waals surface area contributed by atoms with Crippen LogP contribution in [0.2, 0.25) is 0 Å². The van der Waals surface area contributed by atoms with Crippen LogP contribution >= 0.6 is 0 Å². The number of amides is 1. The van der Waals surface area contributed by atoms with E-state index in [0.717, 1.165) is 29.5 Å². The molecule has 1 fully saturated rings. The molecule has 42 heavy (non-hydrogen) atoms. The van der Waals surface area contributed by atoms with Crippen molar-refractivity contribution in [3.05, 3.63) is 58.7 Å². The van der Waals surface area contributed by atoms with Crippen molar-refractivity contribution in [2.24, 2.45) is 5.92 Å². The van der Waals surface area contributed by atoms with Crippen molar-refractivity contribution in [2.75, 3.05) is 39.6 Å². The average molecular weight is 585 g/mol. The van der Waals surface area contributed by atoms with Crippen molar-refractivity contribution >= 4 is 11.9 Å². The van der Waals surface area contributed by atoms with Gasteiger partial charge in [-0.05, 0) is 60.9 Å². The van der Waals surface area contributed by atoms with Gasteiger partial charge in [0.2, 0.25) is 12.7 Å². The van der Waals surface area contributed by atoms with Gasteiger partial charge in [0.1, 0.15) is 0 Å². The first-order valence-corrected chi connectivity index (χ1v) is 15.0. The summed E-state index contributed by atoms with van der Waals surface area (Å²) < 4.78 is 11.1. The number of hydrogen-bond donors (Lipinski definition) is 4. The van der Waals surface area contributed by atoms with Crippen LogP contribution in [0.4, 0.5) is 0 Å². The fourth-order valence-electron chi connectivity index (χ4n) is 6.33. The summed E-state index contributed by atoms with van der Waals surface area (Å²) in [6, 6.07) is 10.9. The molecule has 10 heteroatoms. The molecule has 230 valence electrons. The Bertz CT molecular complexity index is 1200. The number of likely N-dealkylation sites (tertiary alicyclic amines) is 1. The third-order valence-corrected chi connectivity index (χ3v) is 8.50. The molecule has 4 rings (SSSR count). The molecular formula is C32H44N2O8. The van der Waals surface area contributed by atoms with Gasteiger partial charge in [-0.1, -0.05) is 37.6 Å². The van der Waals surface area contributed by atoms with Gasteiger partial charge in [-0.3, -0.25) is 14.5 Å². The fourth-order valence-corrected chi connectivity index (χ4v) is 6.33. The van der Waals surface area contributed by atoms with Crippen LogP contribution in [0.1, 0.15) is 67.2 Å². The van der Waals surface area contributed by atoms with Crippen LogP contribution < -0.4 is 9.47 Å². The van der Waals surface area contributed by atoms with Gasteiger partial charge in [-0.15, -0.1) is 0 Å². The second-order valence-corrected chi connectivity index (χ2v) is 11.2. The van der Waals surface area contributed by atoms with Crippen LogP contribution in [0.3, 0.4) is 0 Å². The molecule has 2 aliphatic heterocycles. The van der Waals surface area contributed by atoms with E-state index in [2.05, 4.69) is 6.92 Å². The van der Waals surface area contributed by atoms with Crippen LogP contribution in [0.25, 0.3) is 0 Å². The lowest BCUT2D eigenvalue weighted by Crippen LogP contribution is -2.44. The highest BCUT2D eigenvalue weighted by atomic mass is 16.7. The predicted octanol–water partition coefficient (Wildman–Crippen LogP) is 2.90. The number of carbonyl (C=O) groups excluding carboxylic acids is 1. The molecule has 4 N–H and O–H groups in total. The standard InChI is InChI=1S/C32H44N2O8/c1-2-3-12-33(13-7-14-35)29(38)18-34-17-26(24-15-25(20-37)31-28(16-24)41-21-42-31)30(32(39)40)27(34)11-6-10-22-8-4-5-9-23(22)19-36/h4-5,8-9,15-16,26-27,30,35-37H,2-3,6-7,10-14,17-21H2,1H3,(H,39,40)/t26-,27+,30-/m1/s1. The number of rotatable bonds is 16. The Hall–Kier alpha value is -3.18. The van der Waals surface area contributed by atoms with Gasteiger partial charge in [0.25, 0.3) is 0 Å². The molecule has 2 aromatic carbocycles. The summed E-state index contributed by atoms with van der Waals surface area (Å²) in [6.07, 6.45) is 4.21. The molecule has 2 aromatic rings. The van der Waals surface area contributed by atoms with Crippen LogP contribution in [-0.2, 0) is 29.2 Å². The minimum Gasteiger partial charge on any atom is -0.481 e. The van der Waals surface area contributed by atoms with Gasteiger partial charge in [-0.2, -0.15) is 0 Å². The highest BCUT2D eigenvalue weighted by Crippen LogP contribution is 2.44. The Kier molecular flexibility index (Phi) is 11.6. The lowest BCUT2D eigenvalue weighted by Gasteiger charge is -2.30. The van der Waals surface area contributed by atoms with E-state index in [1.807, 2.05) is 29.2 Å². The summed E-state index contributed by atoms with van der Waals surface area (Å²) in [7, 11) is 0. The van der Waals surface area contributed by atoms with Crippen LogP contribution in [0.5, 0.6) is 11.5 Å². The number of carbonyl (C=O) groups is 2. The summed E-state index contributed by atoms with van der Waals surface area (Å²) in [4.78, 5) is 30.2. The van der Waals surface area contributed by atoms with Crippen LogP contribution in [-0.4, -0.2) is 87.7 Å². The molecule has 1 saturated heterocycles. The summed E-state index contributed by atoms with van der Waals surface area (Å²) in [5.74, 6) is -1.23. The maximum atomic E-state index is 13.6. The third-order valence-electron chi connectivity index (χ3n) is 8.50. The normalized spacial score (nSPS) is 19.8. The molecule has 0 radical (unpaired) electrons. The lowest BCUT2D eigenvalue weighted by atomic mass is 9.82. The number of carboxylic acids is 1. The molecular weight excluding hydrogens is 540 g/mol.